The normalized spacial score (nSPS) is 11.4. The molecule has 0 aliphatic heterocycles. The van der Waals surface area contributed by atoms with Crippen molar-refractivity contribution in [3.05, 3.63) is 78.5 Å². The van der Waals surface area contributed by atoms with Crippen molar-refractivity contribution in [2.75, 3.05) is 0 Å². The number of hydrogen-bond donors (Lipinski definition) is 2. The maximum atomic E-state index is 9.51. The molecule has 0 aliphatic rings. The SMILES string of the molecule is Oc1ccc(/C=N/c2c(-c3ccc(O)cc3)nc3ccccn23)cc1. The lowest BCUT2D eigenvalue weighted by Crippen LogP contribution is -1.85. The van der Waals surface area contributed by atoms with Gasteiger partial charge in [-0.2, -0.15) is 0 Å². The van der Waals surface area contributed by atoms with E-state index in [4.69, 9.17) is 0 Å². The fourth-order valence-corrected chi connectivity index (χ4v) is 2.62. The van der Waals surface area contributed by atoms with Crippen molar-refractivity contribution in [2.45, 2.75) is 0 Å². The van der Waals surface area contributed by atoms with Gasteiger partial charge in [-0.15, -0.1) is 0 Å². The van der Waals surface area contributed by atoms with Crippen LogP contribution in [0.4, 0.5) is 5.82 Å². The molecule has 0 radical (unpaired) electrons. The van der Waals surface area contributed by atoms with Crippen LogP contribution in [0.15, 0.2) is 77.9 Å². The van der Waals surface area contributed by atoms with Crippen LogP contribution in [0, 0.1) is 0 Å². The van der Waals surface area contributed by atoms with E-state index in [0.29, 0.717) is 5.82 Å². The summed E-state index contributed by atoms with van der Waals surface area (Å²) in [6.45, 7) is 0. The number of phenols is 2. The lowest BCUT2D eigenvalue weighted by Gasteiger charge is -2.01. The molecule has 4 aromatic rings. The monoisotopic (exact) mass is 329 g/mol. The summed E-state index contributed by atoms with van der Waals surface area (Å²) in [4.78, 5) is 9.29. The summed E-state index contributed by atoms with van der Waals surface area (Å²) < 4.78 is 1.92. The smallest absolute Gasteiger partial charge is 0.165 e. The molecule has 0 saturated carbocycles. The number of hydrogen-bond acceptors (Lipinski definition) is 4. The van der Waals surface area contributed by atoms with Crippen molar-refractivity contribution in [1.82, 2.24) is 9.38 Å². The summed E-state index contributed by atoms with van der Waals surface area (Å²) in [6, 6.07) is 19.5. The topological polar surface area (TPSA) is 70.1 Å². The molecule has 2 N–H and O–H groups in total. The van der Waals surface area contributed by atoms with Gasteiger partial charge in [-0.25, -0.2) is 9.98 Å². The summed E-state index contributed by atoms with van der Waals surface area (Å²) >= 11 is 0. The second kappa shape index (κ2) is 6.13. The molecule has 2 aromatic carbocycles. The molecule has 5 nitrogen and oxygen atoms in total. The number of aromatic hydroxyl groups is 2. The zero-order chi connectivity index (χ0) is 17.2. The van der Waals surface area contributed by atoms with Crippen molar-refractivity contribution in [1.29, 1.82) is 0 Å². The van der Waals surface area contributed by atoms with Crippen LogP contribution in [-0.4, -0.2) is 25.8 Å². The van der Waals surface area contributed by atoms with E-state index >= 15 is 0 Å². The van der Waals surface area contributed by atoms with Crippen LogP contribution in [0.25, 0.3) is 16.9 Å². The first-order chi connectivity index (χ1) is 12.2. The standard InChI is InChI=1S/C20H15N3O2/c24-16-8-4-14(5-9-16)13-21-20-19(15-6-10-17(25)11-7-15)22-18-3-1-2-12-23(18)20/h1-13,24-25H/b21-13+. The second-order valence-corrected chi connectivity index (χ2v) is 5.61. The van der Waals surface area contributed by atoms with Gasteiger partial charge in [0.15, 0.2) is 5.82 Å². The predicted octanol–water partition coefficient (Wildman–Crippen LogP) is 4.16. The van der Waals surface area contributed by atoms with E-state index in [9.17, 15) is 10.2 Å². The molecule has 2 heterocycles. The molecule has 0 unspecified atom stereocenters. The minimum absolute atomic E-state index is 0.210. The Labute approximate surface area is 144 Å². The largest absolute Gasteiger partial charge is 0.508 e. The molecular weight excluding hydrogens is 314 g/mol. The molecule has 5 heteroatoms. The average molecular weight is 329 g/mol. The lowest BCUT2D eigenvalue weighted by atomic mass is 10.1. The van der Waals surface area contributed by atoms with E-state index in [-0.39, 0.29) is 11.5 Å². The Hall–Kier alpha value is -3.60. The molecule has 2 aromatic heterocycles. The first kappa shape index (κ1) is 15.0. The van der Waals surface area contributed by atoms with E-state index < -0.39 is 0 Å². The maximum Gasteiger partial charge on any atom is 0.165 e. The lowest BCUT2D eigenvalue weighted by molar-refractivity contribution is 0.475. The molecule has 122 valence electrons. The zero-order valence-corrected chi connectivity index (χ0v) is 13.2. The first-order valence-corrected chi connectivity index (χ1v) is 7.80. The minimum Gasteiger partial charge on any atom is -0.508 e. The summed E-state index contributed by atoms with van der Waals surface area (Å²) in [6.07, 6.45) is 3.65. The maximum absolute atomic E-state index is 9.51. The number of nitrogens with zero attached hydrogens (tertiary/aromatic N) is 3. The van der Waals surface area contributed by atoms with E-state index in [1.54, 1.807) is 42.6 Å². The minimum atomic E-state index is 0.210. The number of fused-ring (bicyclic) bond motifs is 1. The average Bonchev–Trinajstić information content (AvgIpc) is 3.00. The van der Waals surface area contributed by atoms with Gasteiger partial charge in [0.05, 0.1) is 0 Å². The van der Waals surface area contributed by atoms with Crippen molar-refractivity contribution in [3.8, 4) is 22.8 Å². The van der Waals surface area contributed by atoms with E-state index in [1.807, 2.05) is 40.9 Å². The number of imidazole rings is 1. The first-order valence-electron chi connectivity index (χ1n) is 7.80. The molecule has 25 heavy (non-hydrogen) atoms. The number of rotatable bonds is 3. The highest BCUT2D eigenvalue weighted by atomic mass is 16.3. The van der Waals surface area contributed by atoms with Crippen LogP contribution in [0.2, 0.25) is 0 Å². The van der Waals surface area contributed by atoms with Crippen molar-refractivity contribution < 1.29 is 10.2 Å². The third-order valence-corrected chi connectivity index (χ3v) is 3.87. The third kappa shape index (κ3) is 2.95. The molecular formula is C20H15N3O2. The molecule has 0 saturated heterocycles. The number of aliphatic imine (C=N–C) groups is 1. The van der Waals surface area contributed by atoms with E-state index in [1.165, 1.54) is 0 Å². The summed E-state index contributed by atoms with van der Waals surface area (Å²) in [7, 11) is 0. The molecule has 0 aliphatic carbocycles. The van der Waals surface area contributed by atoms with Crippen LogP contribution in [0.5, 0.6) is 11.5 Å². The fourth-order valence-electron chi connectivity index (χ4n) is 2.62. The van der Waals surface area contributed by atoms with E-state index in [0.717, 1.165) is 22.5 Å². The van der Waals surface area contributed by atoms with Gasteiger partial charge in [-0.3, -0.25) is 4.40 Å². The highest BCUT2D eigenvalue weighted by Crippen LogP contribution is 2.31. The van der Waals surface area contributed by atoms with Gasteiger partial charge < -0.3 is 10.2 Å². The van der Waals surface area contributed by atoms with Gasteiger partial charge in [0, 0.05) is 18.0 Å². The predicted molar refractivity (Wildman–Crippen MR) is 97.7 cm³/mol. The summed E-state index contributed by atoms with van der Waals surface area (Å²) in [5.74, 6) is 1.13. The van der Waals surface area contributed by atoms with Crippen LogP contribution in [0.3, 0.4) is 0 Å². The van der Waals surface area contributed by atoms with Crippen LogP contribution < -0.4 is 0 Å². The molecule has 0 bridgehead atoms. The van der Waals surface area contributed by atoms with Crippen molar-refractivity contribution >= 4 is 17.7 Å². The number of phenolic OH excluding ortho intramolecular Hbond substituents is 2. The molecule has 0 atom stereocenters. The van der Waals surface area contributed by atoms with Gasteiger partial charge in [0.25, 0.3) is 0 Å². The highest BCUT2D eigenvalue weighted by molar-refractivity contribution is 5.85. The third-order valence-electron chi connectivity index (χ3n) is 3.87. The Bertz CT molecular complexity index is 1050. The number of pyridine rings is 1. The molecule has 0 fully saturated rings. The van der Waals surface area contributed by atoms with Gasteiger partial charge in [0.1, 0.15) is 22.8 Å². The molecule has 0 spiro atoms. The van der Waals surface area contributed by atoms with Crippen molar-refractivity contribution in [3.63, 3.8) is 0 Å². The van der Waals surface area contributed by atoms with Gasteiger partial charge in [-0.05, 0) is 66.2 Å². The fraction of sp³-hybridized carbons (Fsp3) is 0. The Morgan fingerprint density at radius 1 is 0.840 bits per heavy atom. The number of benzene rings is 2. The van der Waals surface area contributed by atoms with Crippen LogP contribution >= 0.6 is 0 Å². The van der Waals surface area contributed by atoms with Crippen molar-refractivity contribution in [2.24, 2.45) is 4.99 Å². The molecule has 4 rings (SSSR count). The van der Waals surface area contributed by atoms with E-state index in [2.05, 4.69) is 9.98 Å². The Morgan fingerprint density at radius 3 is 2.24 bits per heavy atom. The Kier molecular flexibility index (Phi) is 3.67. The summed E-state index contributed by atoms with van der Waals surface area (Å²) in [5.41, 5.74) is 3.28. The Morgan fingerprint density at radius 2 is 1.52 bits per heavy atom. The van der Waals surface area contributed by atoms with Crippen LogP contribution in [0.1, 0.15) is 5.56 Å². The second-order valence-electron chi connectivity index (χ2n) is 5.61. The summed E-state index contributed by atoms with van der Waals surface area (Å²) in [5, 5.41) is 18.9. The zero-order valence-electron chi connectivity index (χ0n) is 13.2. The molecule has 0 amide bonds. The number of aromatic nitrogens is 2. The quantitative estimate of drug-likeness (QED) is 0.554. The van der Waals surface area contributed by atoms with Gasteiger partial charge in [0.2, 0.25) is 0 Å². The highest BCUT2D eigenvalue weighted by Gasteiger charge is 2.12. The Balaban J connectivity index is 1.84. The van der Waals surface area contributed by atoms with Gasteiger partial charge in [-0.1, -0.05) is 6.07 Å². The van der Waals surface area contributed by atoms with Crippen LogP contribution in [-0.2, 0) is 0 Å². The van der Waals surface area contributed by atoms with Gasteiger partial charge >= 0.3 is 0 Å².